The Balaban J connectivity index is 1.20. The van der Waals surface area contributed by atoms with E-state index in [0.29, 0.717) is 48.2 Å². The number of rotatable bonds is 9. The van der Waals surface area contributed by atoms with Gasteiger partial charge in [0.2, 0.25) is 0 Å². The molecule has 4 aromatic rings. The fourth-order valence-corrected chi connectivity index (χ4v) is 6.21. The van der Waals surface area contributed by atoms with Gasteiger partial charge in [0.1, 0.15) is 0 Å². The van der Waals surface area contributed by atoms with E-state index < -0.39 is 11.4 Å². The van der Waals surface area contributed by atoms with Gasteiger partial charge in [-0.25, -0.2) is 0 Å². The molecule has 2 aliphatic rings. The van der Waals surface area contributed by atoms with Gasteiger partial charge in [-0.05, 0) is 36.1 Å². The minimum absolute atomic E-state index is 0.195. The van der Waals surface area contributed by atoms with Crippen molar-refractivity contribution in [1.82, 2.24) is 9.80 Å². The van der Waals surface area contributed by atoms with Crippen LogP contribution in [0.2, 0.25) is 0 Å². The van der Waals surface area contributed by atoms with Gasteiger partial charge in [0, 0.05) is 48.2 Å². The molecular formula is C34H32N2O4. The van der Waals surface area contributed by atoms with Crippen molar-refractivity contribution in [2.24, 2.45) is 0 Å². The first kappa shape index (κ1) is 26.0. The molecule has 0 radical (unpaired) electrons. The molecular weight excluding hydrogens is 500 g/mol. The zero-order chi connectivity index (χ0) is 27.7. The molecule has 4 aromatic carbocycles. The van der Waals surface area contributed by atoms with E-state index in [9.17, 15) is 19.8 Å². The molecule has 2 heterocycles. The topological polar surface area (TPSA) is 81.1 Å². The first-order chi connectivity index (χ1) is 19.4. The smallest absolute Gasteiger partial charge is 0.256 e. The van der Waals surface area contributed by atoms with Crippen LogP contribution in [-0.2, 0) is 24.3 Å². The Bertz CT molecular complexity index is 1420. The highest BCUT2D eigenvalue weighted by Crippen LogP contribution is 2.41. The van der Waals surface area contributed by atoms with Crippen LogP contribution in [0.1, 0.15) is 55.8 Å². The quantitative estimate of drug-likeness (QED) is 0.302. The molecule has 2 amide bonds. The molecule has 6 heteroatoms. The third-order valence-corrected chi connectivity index (χ3v) is 8.16. The molecule has 0 unspecified atom stereocenters. The van der Waals surface area contributed by atoms with Crippen molar-refractivity contribution >= 4 is 11.8 Å². The summed E-state index contributed by atoms with van der Waals surface area (Å²) in [6, 6.07) is 33.8. The number of nitrogens with zero attached hydrogens (tertiary/aromatic N) is 2. The highest BCUT2D eigenvalue weighted by molar-refractivity contribution is 6.00. The molecule has 2 aliphatic heterocycles. The molecule has 0 saturated heterocycles. The number of unbranched alkanes of at least 4 members (excludes halogenated alkanes) is 1. The third kappa shape index (κ3) is 4.39. The monoisotopic (exact) mass is 532 g/mol. The first-order valence-electron chi connectivity index (χ1n) is 13.8. The Hall–Kier alpha value is -4.26. The number of benzene rings is 4. The highest BCUT2D eigenvalue weighted by atomic mass is 16.3. The van der Waals surface area contributed by atoms with Gasteiger partial charge < -0.3 is 20.0 Å². The largest absolute Gasteiger partial charge is 0.366 e. The second-order valence-electron chi connectivity index (χ2n) is 10.7. The van der Waals surface area contributed by atoms with Crippen molar-refractivity contribution < 1.29 is 19.8 Å². The Kier molecular flexibility index (Phi) is 6.74. The van der Waals surface area contributed by atoms with E-state index >= 15 is 0 Å². The van der Waals surface area contributed by atoms with E-state index in [1.165, 1.54) is 0 Å². The van der Waals surface area contributed by atoms with Crippen LogP contribution in [0.4, 0.5) is 0 Å². The molecule has 6 nitrogen and oxygen atoms in total. The van der Waals surface area contributed by atoms with Gasteiger partial charge in [-0.15, -0.1) is 0 Å². The summed E-state index contributed by atoms with van der Waals surface area (Å²) in [5.74, 6) is -0.390. The second-order valence-corrected chi connectivity index (χ2v) is 10.7. The highest BCUT2D eigenvalue weighted by Gasteiger charge is 2.49. The van der Waals surface area contributed by atoms with Crippen LogP contribution < -0.4 is 0 Å². The van der Waals surface area contributed by atoms with E-state index in [0.717, 1.165) is 11.1 Å². The number of fused-ring (bicyclic) bond motifs is 2. The molecule has 0 spiro atoms. The Morgan fingerprint density at radius 3 is 1.25 bits per heavy atom. The van der Waals surface area contributed by atoms with E-state index in [-0.39, 0.29) is 24.7 Å². The lowest BCUT2D eigenvalue weighted by Gasteiger charge is -2.36. The van der Waals surface area contributed by atoms with Crippen molar-refractivity contribution in [2.45, 2.75) is 37.1 Å². The second kappa shape index (κ2) is 10.4. The predicted molar refractivity (Wildman–Crippen MR) is 152 cm³/mol. The zero-order valence-corrected chi connectivity index (χ0v) is 22.2. The van der Waals surface area contributed by atoms with Crippen molar-refractivity contribution in [1.29, 1.82) is 0 Å². The zero-order valence-electron chi connectivity index (χ0n) is 22.2. The first-order valence-corrected chi connectivity index (χ1v) is 13.8. The molecule has 2 N–H and O–H groups in total. The maximum absolute atomic E-state index is 13.4. The number of hydrogen-bond donors (Lipinski definition) is 2. The molecule has 0 saturated carbocycles. The summed E-state index contributed by atoms with van der Waals surface area (Å²) in [7, 11) is 0. The molecule has 0 aromatic heterocycles. The van der Waals surface area contributed by atoms with Gasteiger partial charge in [-0.2, -0.15) is 0 Å². The summed E-state index contributed by atoms with van der Waals surface area (Å²) >= 11 is 0. The van der Waals surface area contributed by atoms with Crippen LogP contribution in [0.3, 0.4) is 0 Å². The number of amides is 2. The maximum atomic E-state index is 13.4. The molecule has 6 rings (SSSR count). The molecule has 0 fully saturated rings. The molecule has 40 heavy (non-hydrogen) atoms. The standard InChI is InChI=1S/C34H32N2O4/c37-31-27-17-7-9-19-29(27)33(39,23-25-13-3-1-4-14-25)35(31)21-11-12-22-36-32(38)28-18-8-10-20-30(28)34(36,40)24-26-15-5-2-6-16-26/h1-10,13-20,39-40H,11-12,21-24H2/t33-,34-/m0/s1. The molecule has 0 bridgehead atoms. The Labute approximate surface area is 234 Å². The van der Waals surface area contributed by atoms with Gasteiger partial charge in [-0.3, -0.25) is 9.59 Å². The fraction of sp³-hybridized carbons (Fsp3) is 0.235. The van der Waals surface area contributed by atoms with Crippen LogP contribution >= 0.6 is 0 Å². The van der Waals surface area contributed by atoms with Crippen molar-refractivity contribution in [3.8, 4) is 0 Å². The van der Waals surface area contributed by atoms with Gasteiger partial charge in [0.15, 0.2) is 11.4 Å². The fourth-order valence-electron chi connectivity index (χ4n) is 6.21. The van der Waals surface area contributed by atoms with Crippen LogP contribution in [0, 0.1) is 0 Å². The van der Waals surface area contributed by atoms with E-state index in [1.54, 1.807) is 21.9 Å². The number of carbonyl (C=O) groups is 2. The van der Waals surface area contributed by atoms with E-state index in [4.69, 9.17) is 0 Å². The van der Waals surface area contributed by atoms with Crippen LogP contribution in [0.15, 0.2) is 109 Å². The van der Waals surface area contributed by atoms with Crippen molar-refractivity contribution in [3.05, 3.63) is 143 Å². The van der Waals surface area contributed by atoms with Gasteiger partial charge in [0.05, 0.1) is 0 Å². The van der Waals surface area contributed by atoms with Crippen molar-refractivity contribution in [3.63, 3.8) is 0 Å². The maximum Gasteiger partial charge on any atom is 0.256 e. The lowest BCUT2D eigenvalue weighted by atomic mass is 9.94. The average Bonchev–Trinajstić information content (AvgIpc) is 3.32. The minimum atomic E-state index is -1.46. The number of aliphatic hydroxyl groups is 2. The summed E-state index contributed by atoms with van der Waals surface area (Å²) in [6.45, 7) is 0.645. The Morgan fingerprint density at radius 1 is 0.500 bits per heavy atom. The average molecular weight is 533 g/mol. The van der Waals surface area contributed by atoms with E-state index in [1.807, 2.05) is 97.1 Å². The molecule has 202 valence electrons. The van der Waals surface area contributed by atoms with Crippen LogP contribution in [0.5, 0.6) is 0 Å². The van der Waals surface area contributed by atoms with Crippen LogP contribution in [0.25, 0.3) is 0 Å². The lowest BCUT2D eigenvalue weighted by Crippen LogP contribution is -2.47. The Morgan fingerprint density at radius 2 is 0.850 bits per heavy atom. The van der Waals surface area contributed by atoms with Crippen molar-refractivity contribution in [2.75, 3.05) is 13.1 Å². The summed E-state index contributed by atoms with van der Waals surface area (Å²) in [4.78, 5) is 30.0. The molecule has 0 aliphatic carbocycles. The lowest BCUT2D eigenvalue weighted by molar-refractivity contribution is -0.0903. The van der Waals surface area contributed by atoms with Gasteiger partial charge >= 0.3 is 0 Å². The predicted octanol–water partition coefficient (Wildman–Crippen LogP) is 4.85. The summed E-state index contributed by atoms with van der Waals surface area (Å²) in [5.41, 5.74) is 1.23. The minimum Gasteiger partial charge on any atom is -0.366 e. The van der Waals surface area contributed by atoms with Gasteiger partial charge in [-0.1, -0.05) is 97.1 Å². The number of carbonyl (C=O) groups excluding carboxylic acids is 2. The number of hydrogen-bond acceptors (Lipinski definition) is 4. The summed E-state index contributed by atoms with van der Waals surface area (Å²) in [6.07, 6.45) is 1.68. The van der Waals surface area contributed by atoms with Gasteiger partial charge in [0.25, 0.3) is 11.8 Å². The SMILES string of the molecule is O=C1c2ccccc2[C@@](O)(Cc2ccccc2)N1CCCCN1C(=O)c2ccccc2[C@@]1(O)Cc1ccccc1. The molecule has 2 atom stereocenters. The summed E-state index contributed by atoms with van der Waals surface area (Å²) in [5, 5.41) is 23.9. The summed E-state index contributed by atoms with van der Waals surface area (Å²) < 4.78 is 0. The van der Waals surface area contributed by atoms with Crippen LogP contribution in [-0.4, -0.2) is 44.9 Å². The third-order valence-electron chi connectivity index (χ3n) is 8.16. The van der Waals surface area contributed by atoms with E-state index in [2.05, 4.69) is 0 Å². The normalized spacial score (nSPS) is 21.6.